The summed E-state index contributed by atoms with van der Waals surface area (Å²) < 4.78 is 43.6. The molecule has 0 spiro atoms. The number of phosphoric acid groups is 2. The molecular weight excluding hydrogens is 624 g/mol. The van der Waals surface area contributed by atoms with Gasteiger partial charge in [-0.25, -0.2) is 28.9 Å². The Morgan fingerprint density at radius 2 is 1.49 bits per heavy atom. The number of aromatic amines is 1. The zero-order chi connectivity index (χ0) is 31.7. The number of aliphatic hydroxyl groups is 2. The third kappa shape index (κ3) is 8.38. The van der Waals surface area contributed by atoms with Crippen LogP contribution in [0, 0.1) is 6.92 Å². The first-order valence-corrected chi connectivity index (χ1v) is 15.4. The molecule has 5 heterocycles. The standard InChI is InChI=1S/C10H14N5O6P.C10H15N2O8P/c11-9-8-10(13-3-12-9)15(4-14-8)7-1-5(16)6(21-7)2-20-22(17,18)19;1-5-3-12(10(15)11-9(5)14)8-2-6(13)7(20-8)4-19-21(16,17)18/h3-7,16H,1-2H2,(H2,11,12,13)(H2,17,18,19);3,6-8,13H,2,4H2,1H3,(H,11,14,15)(H2,16,17,18)/t5-,6+,7+;6-,7+,8+/m00/s1. The summed E-state index contributed by atoms with van der Waals surface area (Å²) in [6, 6.07) is 0. The molecule has 238 valence electrons. The van der Waals surface area contributed by atoms with Crippen LogP contribution < -0.4 is 17.0 Å². The fourth-order valence-corrected chi connectivity index (χ4v) is 4.98. The molecule has 0 bridgehead atoms. The van der Waals surface area contributed by atoms with Crippen LogP contribution in [0.3, 0.4) is 0 Å². The van der Waals surface area contributed by atoms with Crippen molar-refractivity contribution >= 4 is 32.6 Å². The van der Waals surface area contributed by atoms with Gasteiger partial charge in [0.1, 0.15) is 36.5 Å². The second-order valence-electron chi connectivity index (χ2n) is 9.50. The number of nitrogens with one attached hydrogen (secondary N) is 1. The monoisotopic (exact) mass is 653 g/mol. The van der Waals surface area contributed by atoms with Gasteiger partial charge in [0.2, 0.25) is 0 Å². The van der Waals surface area contributed by atoms with Crippen molar-refractivity contribution in [1.82, 2.24) is 29.1 Å². The predicted molar refractivity (Wildman–Crippen MR) is 141 cm³/mol. The highest BCUT2D eigenvalue weighted by atomic mass is 31.2. The normalized spacial score (nSPS) is 26.0. The lowest BCUT2D eigenvalue weighted by atomic mass is 10.2. The lowest BCUT2D eigenvalue weighted by Crippen LogP contribution is -2.33. The Morgan fingerprint density at radius 3 is 2.02 bits per heavy atom. The molecule has 2 aliphatic rings. The zero-order valence-corrected chi connectivity index (χ0v) is 24.0. The number of rotatable bonds is 8. The van der Waals surface area contributed by atoms with Crippen LogP contribution in [0.5, 0.6) is 0 Å². The van der Waals surface area contributed by atoms with Crippen LogP contribution in [0.1, 0.15) is 30.9 Å². The molecule has 0 saturated carbocycles. The molecule has 0 unspecified atom stereocenters. The first-order chi connectivity index (χ1) is 20.0. The number of phosphoric ester groups is 2. The Labute approximate surface area is 240 Å². The number of aliphatic hydroxyl groups excluding tert-OH is 2. The van der Waals surface area contributed by atoms with E-state index in [0.717, 1.165) is 4.57 Å². The zero-order valence-electron chi connectivity index (χ0n) is 22.2. The number of hydrogen-bond donors (Lipinski definition) is 8. The summed E-state index contributed by atoms with van der Waals surface area (Å²) >= 11 is 0. The number of nitrogens with two attached hydrogens (primary N) is 1. The molecule has 3 aromatic heterocycles. The lowest BCUT2D eigenvalue weighted by molar-refractivity contribution is -0.0451. The number of H-pyrrole nitrogens is 1. The molecule has 6 atom stereocenters. The second kappa shape index (κ2) is 13.0. The number of aryl methyl sites for hydroxylation is 1. The third-order valence-corrected chi connectivity index (χ3v) is 7.35. The van der Waals surface area contributed by atoms with Crippen LogP contribution in [0.15, 0.2) is 28.4 Å². The van der Waals surface area contributed by atoms with Gasteiger partial charge >= 0.3 is 21.3 Å². The van der Waals surface area contributed by atoms with E-state index in [1.807, 2.05) is 0 Å². The lowest BCUT2D eigenvalue weighted by Gasteiger charge is -2.16. The van der Waals surface area contributed by atoms with Gasteiger partial charge in [-0.2, -0.15) is 0 Å². The van der Waals surface area contributed by atoms with Crippen molar-refractivity contribution in [3.63, 3.8) is 0 Å². The highest BCUT2D eigenvalue weighted by Crippen LogP contribution is 2.39. The fraction of sp³-hybridized carbons (Fsp3) is 0.550. The Balaban J connectivity index is 0.000000197. The van der Waals surface area contributed by atoms with Crippen LogP contribution in [-0.4, -0.2) is 96.5 Å². The van der Waals surface area contributed by atoms with E-state index in [1.54, 1.807) is 4.57 Å². The van der Waals surface area contributed by atoms with Crippen molar-refractivity contribution in [2.75, 3.05) is 18.9 Å². The second-order valence-corrected chi connectivity index (χ2v) is 12.0. The van der Waals surface area contributed by atoms with Crippen molar-refractivity contribution in [1.29, 1.82) is 0 Å². The number of hydrogen-bond acceptors (Lipinski definition) is 14. The van der Waals surface area contributed by atoms with E-state index in [-0.39, 0.29) is 18.7 Å². The molecule has 0 aliphatic carbocycles. The van der Waals surface area contributed by atoms with Gasteiger partial charge in [0.15, 0.2) is 11.5 Å². The predicted octanol–water partition coefficient (Wildman–Crippen LogP) is -2.23. The number of nitrogens with zero attached hydrogens (tertiary/aromatic N) is 5. The maximum atomic E-state index is 11.7. The maximum Gasteiger partial charge on any atom is 0.469 e. The minimum absolute atomic E-state index is 0.0283. The molecule has 21 nitrogen and oxygen atoms in total. The maximum absolute atomic E-state index is 11.7. The highest BCUT2D eigenvalue weighted by molar-refractivity contribution is 7.46. The Bertz CT molecular complexity index is 1650. The van der Waals surface area contributed by atoms with Crippen LogP contribution in [0.4, 0.5) is 5.82 Å². The van der Waals surface area contributed by atoms with Gasteiger partial charge in [0.25, 0.3) is 5.56 Å². The molecule has 2 saturated heterocycles. The highest BCUT2D eigenvalue weighted by Gasteiger charge is 2.38. The van der Waals surface area contributed by atoms with E-state index in [0.29, 0.717) is 16.7 Å². The molecule has 3 aromatic rings. The Kier molecular flexibility index (Phi) is 9.96. The summed E-state index contributed by atoms with van der Waals surface area (Å²) in [5.41, 5.74) is 5.63. The average Bonchev–Trinajstić information content (AvgIpc) is 3.60. The molecular formula is C20H29N7O14P2. The molecule has 23 heteroatoms. The van der Waals surface area contributed by atoms with Crippen LogP contribution in [-0.2, 0) is 27.7 Å². The largest absolute Gasteiger partial charge is 0.469 e. The number of anilines is 1. The number of ether oxygens (including phenoxy) is 2. The van der Waals surface area contributed by atoms with Crippen molar-refractivity contribution in [3.8, 4) is 0 Å². The van der Waals surface area contributed by atoms with Gasteiger partial charge < -0.3 is 45.0 Å². The minimum Gasteiger partial charge on any atom is -0.390 e. The number of nitrogen functional groups attached to an aromatic ring is 1. The van der Waals surface area contributed by atoms with Gasteiger partial charge in [-0.3, -0.25) is 28.0 Å². The molecule has 0 radical (unpaired) electrons. The number of fused-ring (bicyclic) bond motifs is 1. The summed E-state index contributed by atoms with van der Waals surface area (Å²) in [7, 11) is -9.28. The number of aromatic nitrogens is 6. The van der Waals surface area contributed by atoms with Crippen LogP contribution in [0.2, 0.25) is 0 Å². The molecule has 0 aromatic carbocycles. The van der Waals surface area contributed by atoms with Crippen molar-refractivity contribution < 1.29 is 57.4 Å². The summed E-state index contributed by atoms with van der Waals surface area (Å²) in [4.78, 5) is 71.7. The quantitative estimate of drug-likeness (QED) is 0.119. The molecule has 5 rings (SSSR count). The molecule has 0 amide bonds. The topological polar surface area (TPSA) is 317 Å². The first-order valence-electron chi connectivity index (χ1n) is 12.3. The summed E-state index contributed by atoms with van der Waals surface area (Å²) in [6.45, 7) is 0.569. The van der Waals surface area contributed by atoms with E-state index in [2.05, 4.69) is 29.0 Å². The van der Waals surface area contributed by atoms with Gasteiger partial charge in [0, 0.05) is 24.6 Å². The third-order valence-electron chi connectivity index (χ3n) is 6.38. The Morgan fingerprint density at radius 1 is 0.953 bits per heavy atom. The molecule has 2 aliphatic heterocycles. The van der Waals surface area contributed by atoms with Gasteiger partial charge in [-0.1, -0.05) is 0 Å². The summed E-state index contributed by atoms with van der Waals surface area (Å²) in [5, 5.41) is 19.7. The fourth-order valence-electron chi connectivity index (χ4n) is 4.29. The van der Waals surface area contributed by atoms with E-state index < -0.39 is 77.0 Å². The van der Waals surface area contributed by atoms with Gasteiger partial charge in [0.05, 0.1) is 31.7 Å². The molecule has 2 fully saturated rings. The van der Waals surface area contributed by atoms with E-state index >= 15 is 0 Å². The van der Waals surface area contributed by atoms with Crippen LogP contribution in [0.25, 0.3) is 11.2 Å². The van der Waals surface area contributed by atoms with E-state index in [9.17, 15) is 28.9 Å². The Hall–Kier alpha value is -2.91. The van der Waals surface area contributed by atoms with Gasteiger partial charge in [-0.15, -0.1) is 0 Å². The molecule has 43 heavy (non-hydrogen) atoms. The van der Waals surface area contributed by atoms with E-state index in [1.165, 1.54) is 25.8 Å². The van der Waals surface area contributed by atoms with E-state index in [4.69, 9.17) is 34.8 Å². The smallest absolute Gasteiger partial charge is 0.390 e. The molecule has 9 N–H and O–H groups in total. The van der Waals surface area contributed by atoms with Crippen molar-refractivity contribution in [2.45, 2.75) is 56.6 Å². The van der Waals surface area contributed by atoms with Crippen LogP contribution >= 0.6 is 15.6 Å². The summed E-state index contributed by atoms with van der Waals surface area (Å²) in [6.07, 6.45) is -1.02. The average molecular weight is 653 g/mol. The summed E-state index contributed by atoms with van der Waals surface area (Å²) in [5.74, 6) is 0.226. The first kappa shape index (κ1) is 33.0. The van der Waals surface area contributed by atoms with Gasteiger partial charge in [-0.05, 0) is 6.92 Å². The van der Waals surface area contributed by atoms with Crippen molar-refractivity contribution in [2.24, 2.45) is 0 Å². The number of imidazole rings is 1. The minimum atomic E-state index is -4.67. The SMILES string of the molecule is Cc1cn([C@H]2C[C@H](O)[C@@H](COP(=O)(O)O)O2)c(=O)[nH]c1=O.Nc1ncnc2c1ncn2[C@H]1C[C@H](O)[C@@H](COP(=O)(O)O)O1. The van der Waals surface area contributed by atoms with Crippen molar-refractivity contribution in [3.05, 3.63) is 45.3 Å².